The summed E-state index contributed by atoms with van der Waals surface area (Å²) in [5, 5.41) is 0.802. The maximum Gasteiger partial charge on any atom is 0.355 e. The number of aromatic nitrogens is 2. The van der Waals surface area contributed by atoms with Gasteiger partial charge in [0.05, 0.1) is 0 Å². The van der Waals surface area contributed by atoms with Crippen LogP contribution in [0.15, 0.2) is 36.5 Å². The smallest absolute Gasteiger partial charge is 0.355 e. The maximum absolute atomic E-state index is 12.8. The molecule has 0 aliphatic carbocycles. The van der Waals surface area contributed by atoms with E-state index in [2.05, 4.69) is 4.98 Å². The third-order valence-corrected chi connectivity index (χ3v) is 4.41. The predicted molar refractivity (Wildman–Crippen MR) is 97.7 cm³/mol. The van der Waals surface area contributed by atoms with Crippen LogP contribution < -0.4 is 0 Å². The van der Waals surface area contributed by atoms with Gasteiger partial charge in [-0.1, -0.05) is 18.2 Å². The first-order chi connectivity index (χ1) is 12.3. The van der Waals surface area contributed by atoms with Crippen molar-refractivity contribution in [3.05, 3.63) is 59.0 Å². The highest BCUT2D eigenvalue weighted by Crippen LogP contribution is 2.24. The van der Waals surface area contributed by atoms with Crippen molar-refractivity contribution in [1.29, 1.82) is 0 Å². The molecule has 6 heteroatoms. The average molecular weight is 352 g/mol. The normalized spacial score (nSPS) is 12.2. The minimum absolute atomic E-state index is 0.141. The third-order valence-electron chi connectivity index (χ3n) is 4.41. The molecule has 1 atom stereocenters. The molecule has 1 N–H and O–H groups in total. The first kappa shape index (κ1) is 17.7. The first-order valence-electron chi connectivity index (χ1n) is 8.29. The van der Waals surface area contributed by atoms with Gasteiger partial charge in [-0.15, -0.1) is 0 Å². The second kappa shape index (κ2) is 6.63. The average Bonchev–Trinajstić information content (AvgIpc) is 3.13. The number of nitrogens with one attached hydrogen (secondary N) is 1. The van der Waals surface area contributed by atoms with Crippen molar-refractivity contribution < 1.29 is 19.1 Å². The largest absolute Gasteiger partial charge is 0.450 e. The molecular formula is C20H20N2O4. The summed E-state index contributed by atoms with van der Waals surface area (Å²) in [6, 6.07) is 8.97. The van der Waals surface area contributed by atoms with E-state index in [1.54, 1.807) is 20.2 Å². The number of aromatic amines is 1. The molecule has 0 aliphatic heterocycles. The zero-order chi connectivity index (χ0) is 19.0. The number of esters is 1. The molecule has 6 nitrogen and oxygen atoms in total. The minimum atomic E-state index is -0.948. The Kier molecular flexibility index (Phi) is 4.50. The Balaban J connectivity index is 1.84. The van der Waals surface area contributed by atoms with Gasteiger partial charge in [-0.05, 0) is 32.9 Å². The number of rotatable bonds is 5. The van der Waals surface area contributed by atoms with E-state index >= 15 is 0 Å². The van der Waals surface area contributed by atoms with Crippen LogP contribution in [-0.2, 0) is 11.8 Å². The second-order valence-corrected chi connectivity index (χ2v) is 6.36. The molecule has 0 amide bonds. The molecule has 3 rings (SSSR count). The number of nitrogens with zero attached hydrogens (tertiary/aromatic N) is 1. The van der Waals surface area contributed by atoms with Crippen LogP contribution >= 0.6 is 0 Å². The Morgan fingerprint density at radius 2 is 1.88 bits per heavy atom. The number of Topliss-reactive ketones (excluding diaryl/α,β-unsaturated/α-hetero) is 2. The Morgan fingerprint density at radius 1 is 1.19 bits per heavy atom. The van der Waals surface area contributed by atoms with Gasteiger partial charge >= 0.3 is 5.97 Å². The molecule has 134 valence electrons. The Bertz CT molecular complexity index is 1030. The number of aryl methyl sites for hydroxylation is 2. The van der Waals surface area contributed by atoms with Crippen LogP contribution in [0.25, 0.3) is 10.9 Å². The van der Waals surface area contributed by atoms with Gasteiger partial charge in [-0.2, -0.15) is 0 Å². The molecule has 0 bridgehead atoms. The molecule has 26 heavy (non-hydrogen) atoms. The fraction of sp³-hybridized carbons (Fsp3) is 0.250. The van der Waals surface area contributed by atoms with Gasteiger partial charge < -0.3 is 14.3 Å². The van der Waals surface area contributed by atoms with Gasteiger partial charge in [0.25, 0.3) is 0 Å². The fourth-order valence-corrected chi connectivity index (χ4v) is 3.03. The summed E-state index contributed by atoms with van der Waals surface area (Å²) in [4.78, 5) is 39.9. The first-order valence-corrected chi connectivity index (χ1v) is 8.29. The Morgan fingerprint density at radius 3 is 2.54 bits per heavy atom. The maximum atomic E-state index is 12.8. The minimum Gasteiger partial charge on any atom is -0.450 e. The molecule has 2 aromatic heterocycles. The summed E-state index contributed by atoms with van der Waals surface area (Å²) >= 11 is 0. The van der Waals surface area contributed by atoms with Crippen molar-refractivity contribution in [1.82, 2.24) is 9.55 Å². The van der Waals surface area contributed by atoms with Crippen LogP contribution in [0.2, 0.25) is 0 Å². The Hall–Kier alpha value is -3.15. The van der Waals surface area contributed by atoms with E-state index in [1.165, 1.54) is 17.6 Å². The summed E-state index contributed by atoms with van der Waals surface area (Å²) in [6.07, 6.45) is 0.617. The number of ether oxygens (including phenoxy) is 1. The highest BCUT2D eigenvalue weighted by Gasteiger charge is 2.26. The van der Waals surface area contributed by atoms with E-state index in [0.29, 0.717) is 11.1 Å². The van der Waals surface area contributed by atoms with E-state index < -0.39 is 12.1 Å². The number of benzene rings is 1. The second-order valence-electron chi connectivity index (χ2n) is 6.36. The van der Waals surface area contributed by atoms with Crippen LogP contribution in [0.4, 0.5) is 0 Å². The Labute approximate surface area is 150 Å². The lowest BCUT2D eigenvalue weighted by Gasteiger charge is -2.13. The summed E-state index contributed by atoms with van der Waals surface area (Å²) in [7, 11) is 1.65. The fourth-order valence-electron chi connectivity index (χ4n) is 3.03. The quantitative estimate of drug-likeness (QED) is 0.563. The summed E-state index contributed by atoms with van der Waals surface area (Å²) in [6.45, 7) is 4.80. The van der Waals surface area contributed by atoms with Crippen LogP contribution in [-0.4, -0.2) is 33.2 Å². The van der Waals surface area contributed by atoms with Crippen molar-refractivity contribution in [3.8, 4) is 0 Å². The monoisotopic (exact) mass is 352 g/mol. The SMILES string of the molecule is CC(=O)c1cc(C(=O)O[C@@H](C)C(=O)c2c(C)[nH]c3ccccc23)n(C)c1. The molecule has 0 saturated heterocycles. The van der Waals surface area contributed by atoms with Crippen molar-refractivity contribution in [2.75, 3.05) is 0 Å². The topological polar surface area (TPSA) is 81.2 Å². The number of carbonyl (C=O) groups is 3. The van der Waals surface area contributed by atoms with E-state index in [4.69, 9.17) is 4.74 Å². The number of para-hydroxylation sites is 1. The molecule has 0 unspecified atom stereocenters. The molecule has 3 aromatic rings. The molecule has 1 aromatic carbocycles. The van der Waals surface area contributed by atoms with Gasteiger partial charge in [0.2, 0.25) is 5.78 Å². The molecule has 0 spiro atoms. The van der Waals surface area contributed by atoms with E-state index in [0.717, 1.165) is 16.6 Å². The molecule has 2 heterocycles. The van der Waals surface area contributed by atoms with Crippen molar-refractivity contribution in [2.45, 2.75) is 26.9 Å². The summed E-state index contributed by atoms with van der Waals surface area (Å²) < 4.78 is 6.89. The molecule has 0 saturated carbocycles. The molecule has 0 radical (unpaired) electrons. The number of hydrogen-bond donors (Lipinski definition) is 1. The lowest BCUT2D eigenvalue weighted by atomic mass is 10.0. The van der Waals surface area contributed by atoms with E-state index in [9.17, 15) is 14.4 Å². The van der Waals surface area contributed by atoms with Crippen LogP contribution in [0.3, 0.4) is 0 Å². The third kappa shape index (κ3) is 3.06. The lowest BCUT2D eigenvalue weighted by molar-refractivity contribution is 0.0310. The molecule has 0 fully saturated rings. The highest BCUT2D eigenvalue weighted by molar-refractivity contribution is 6.11. The van der Waals surface area contributed by atoms with E-state index in [1.807, 2.05) is 31.2 Å². The van der Waals surface area contributed by atoms with Crippen molar-refractivity contribution in [3.63, 3.8) is 0 Å². The lowest BCUT2D eigenvalue weighted by Crippen LogP contribution is -2.25. The van der Waals surface area contributed by atoms with Gasteiger partial charge in [-0.3, -0.25) is 9.59 Å². The van der Waals surface area contributed by atoms with Crippen molar-refractivity contribution >= 4 is 28.4 Å². The number of hydrogen-bond acceptors (Lipinski definition) is 4. The van der Waals surface area contributed by atoms with Crippen LogP contribution in [0.5, 0.6) is 0 Å². The zero-order valence-electron chi connectivity index (χ0n) is 15.1. The number of H-pyrrole nitrogens is 1. The number of carbonyl (C=O) groups excluding carboxylic acids is 3. The highest BCUT2D eigenvalue weighted by atomic mass is 16.5. The van der Waals surface area contributed by atoms with Crippen LogP contribution in [0, 0.1) is 6.92 Å². The number of fused-ring (bicyclic) bond motifs is 1. The van der Waals surface area contributed by atoms with Gasteiger partial charge in [0, 0.05) is 41.0 Å². The number of ketones is 2. The zero-order valence-corrected chi connectivity index (χ0v) is 15.1. The van der Waals surface area contributed by atoms with Crippen LogP contribution in [0.1, 0.15) is 50.7 Å². The predicted octanol–water partition coefficient (Wildman–Crippen LogP) is 3.45. The van der Waals surface area contributed by atoms with Gasteiger partial charge in [-0.25, -0.2) is 4.79 Å². The van der Waals surface area contributed by atoms with Gasteiger partial charge in [0.15, 0.2) is 11.9 Å². The molecular weight excluding hydrogens is 332 g/mol. The standard InChI is InChI=1S/C20H20N2O4/c1-11-18(15-7-5-6-8-16(15)21-11)19(24)13(3)26-20(25)17-9-14(12(2)23)10-22(17)4/h5-10,13,21H,1-4H3/t13-/m0/s1. The summed E-state index contributed by atoms with van der Waals surface area (Å²) in [5.41, 5.74) is 2.77. The van der Waals surface area contributed by atoms with Crippen molar-refractivity contribution in [2.24, 2.45) is 7.05 Å². The summed E-state index contributed by atoms with van der Waals surface area (Å²) in [5.74, 6) is -1.05. The molecule has 0 aliphatic rings. The van der Waals surface area contributed by atoms with E-state index in [-0.39, 0.29) is 17.3 Å². The van der Waals surface area contributed by atoms with Gasteiger partial charge in [0.1, 0.15) is 5.69 Å².